The molecule has 1 N–H and O–H groups in total. The Hall–Kier alpha value is -2.33. The van der Waals surface area contributed by atoms with Crippen LogP contribution in [0.4, 0.5) is 0 Å². The van der Waals surface area contributed by atoms with Crippen molar-refractivity contribution in [3.8, 4) is 5.75 Å². The highest BCUT2D eigenvalue weighted by atomic mass is 32.1. The van der Waals surface area contributed by atoms with E-state index in [0.29, 0.717) is 12.3 Å². The van der Waals surface area contributed by atoms with Gasteiger partial charge in [0.1, 0.15) is 5.75 Å². The molecule has 0 aliphatic rings. The van der Waals surface area contributed by atoms with Gasteiger partial charge in [0, 0.05) is 4.88 Å². The van der Waals surface area contributed by atoms with Gasteiger partial charge in [-0.15, -0.1) is 11.3 Å². The summed E-state index contributed by atoms with van der Waals surface area (Å²) >= 11 is 1.63. The number of nitrogens with one attached hydrogen (secondary N) is 1. The largest absolute Gasteiger partial charge is 0.484 e. The summed E-state index contributed by atoms with van der Waals surface area (Å²) in [6.45, 7) is 0.585. The number of amides is 1. The summed E-state index contributed by atoms with van der Waals surface area (Å²) < 4.78 is 5.54. The first-order valence-corrected chi connectivity index (χ1v) is 7.60. The number of carbonyl (C=O) groups is 1. The molecule has 21 heavy (non-hydrogen) atoms. The van der Waals surface area contributed by atoms with E-state index in [1.54, 1.807) is 11.3 Å². The maximum atomic E-state index is 11.7. The van der Waals surface area contributed by atoms with Gasteiger partial charge in [-0.3, -0.25) is 4.79 Å². The Morgan fingerprint density at radius 2 is 1.90 bits per heavy atom. The number of fused-ring (bicyclic) bond motifs is 1. The zero-order valence-electron chi connectivity index (χ0n) is 11.4. The summed E-state index contributed by atoms with van der Waals surface area (Å²) in [6, 6.07) is 17.9. The van der Waals surface area contributed by atoms with Crippen molar-refractivity contribution in [2.24, 2.45) is 0 Å². The summed E-state index contributed by atoms with van der Waals surface area (Å²) in [7, 11) is 0. The van der Waals surface area contributed by atoms with Gasteiger partial charge in [0.2, 0.25) is 0 Å². The SMILES string of the molecule is O=C(COc1ccc2ccccc2c1)NCc1cccs1. The van der Waals surface area contributed by atoms with Gasteiger partial charge in [-0.25, -0.2) is 0 Å². The van der Waals surface area contributed by atoms with Crippen LogP contribution in [0.3, 0.4) is 0 Å². The van der Waals surface area contributed by atoms with Crippen molar-refractivity contribution in [3.63, 3.8) is 0 Å². The van der Waals surface area contributed by atoms with Gasteiger partial charge >= 0.3 is 0 Å². The summed E-state index contributed by atoms with van der Waals surface area (Å²) in [5, 5.41) is 7.10. The third kappa shape index (κ3) is 3.61. The Morgan fingerprint density at radius 3 is 2.71 bits per heavy atom. The maximum Gasteiger partial charge on any atom is 0.258 e. The lowest BCUT2D eigenvalue weighted by atomic mass is 10.1. The Balaban J connectivity index is 1.54. The maximum absolute atomic E-state index is 11.7. The van der Waals surface area contributed by atoms with Crippen LogP contribution < -0.4 is 10.1 Å². The first-order valence-electron chi connectivity index (χ1n) is 6.72. The van der Waals surface area contributed by atoms with E-state index in [9.17, 15) is 4.79 Å². The Labute approximate surface area is 127 Å². The number of carbonyl (C=O) groups excluding carboxylic acids is 1. The van der Waals surface area contributed by atoms with Crippen LogP contribution in [-0.4, -0.2) is 12.5 Å². The lowest BCUT2D eigenvalue weighted by molar-refractivity contribution is -0.123. The van der Waals surface area contributed by atoms with Crippen LogP contribution in [0.25, 0.3) is 10.8 Å². The van der Waals surface area contributed by atoms with Crippen LogP contribution in [0.1, 0.15) is 4.88 Å². The van der Waals surface area contributed by atoms with E-state index >= 15 is 0 Å². The van der Waals surface area contributed by atoms with Crippen molar-refractivity contribution in [3.05, 3.63) is 64.9 Å². The van der Waals surface area contributed by atoms with Gasteiger partial charge in [-0.1, -0.05) is 36.4 Å². The normalized spacial score (nSPS) is 10.5. The zero-order valence-corrected chi connectivity index (χ0v) is 12.2. The molecule has 0 aliphatic heterocycles. The van der Waals surface area contributed by atoms with E-state index in [1.165, 1.54) is 0 Å². The van der Waals surface area contributed by atoms with Crippen molar-refractivity contribution in [2.75, 3.05) is 6.61 Å². The van der Waals surface area contributed by atoms with Crippen LogP contribution >= 0.6 is 11.3 Å². The molecule has 0 bridgehead atoms. The number of thiophene rings is 1. The van der Waals surface area contributed by atoms with E-state index < -0.39 is 0 Å². The number of hydrogen-bond donors (Lipinski definition) is 1. The summed E-state index contributed by atoms with van der Waals surface area (Å²) in [5.41, 5.74) is 0. The van der Waals surface area contributed by atoms with E-state index in [2.05, 4.69) is 5.32 Å². The van der Waals surface area contributed by atoms with Gasteiger partial charge in [-0.2, -0.15) is 0 Å². The Bertz CT molecular complexity index is 737. The minimum atomic E-state index is -0.114. The molecule has 0 radical (unpaired) electrons. The van der Waals surface area contributed by atoms with Gasteiger partial charge in [0.05, 0.1) is 6.54 Å². The van der Waals surface area contributed by atoms with Gasteiger partial charge in [-0.05, 0) is 34.4 Å². The first-order chi connectivity index (χ1) is 10.3. The lowest BCUT2D eigenvalue weighted by Crippen LogP contribution is -2.28. The molecule has 4 heteroatoms. The standard InChI is InChI=1S/C17H15NO2S/c19-17(18-11-16-6-3-9-21-16)12-20-15-8-7-13-4-1-2-5-14(13)10-15/h1-10H,11-12H2,(H,18,19). The number of rotatable bonds is 5. The van der Waals surface area contributed by atoms with Crippen molar-refractivity contribution in [2.45, 2.75) is 6.54 Å². The van der Waals surface area contributed by atoms with E-state index in [-0.39, 0.29) is 12.5 Å². The van der Waals surface area contributed by atoms with Crippen LogP contribution in [0, 0.1) is 0 Å². The third-order valence-electron chi connectivity index (χ3n) is 3.13. The molecular weight excluding hydrogens is 282 g/mol. The van der Waals surface area contributed by atoms with E-state index in [0.717, 1.165) is 15.6 Å². The lowest BCUT2D eigenvalue weighted by Gasteiger charge is -2.07. The van der Waals surface area contributed by atoms with Gasteiger partial charge in [0.15, 0.2) is 6.61 Å². The highest BCUT2D eigenvalue weighted by molar-refractivity contribution is 7.09. The molecule has 106 valence electrons. The minimum absolute atomic E-state index is 0.0315. The molecule has 1 heterocycles. The highest BCUT2D eigenvalue weighted by Gasteiger charge is 2.04. The molecule has 0 fully saturated rings. The van der Waals surface area contributed by atoms with Crippen molar-refractivity contribution >= 4 is 28.0 Å². The molecule has 2 aromatic carbocycles. The Morgan fingerprint density at radius 1 is 1.05 bits per heavy atom. The highest BCUT2D eigenvalue weighted by Crippen LogP contribution is 2.20. The quantitative estimate of drug-likeness (QED) is 0.781. The molecule has 0 saturated heterocycles. The molecule has 3 rings (SSSR count). The molecule has 3 nitrogen and oxygen atoms in total. The number of ether oxygens (including phenoxy) is 1. The molecule has 0 spiro atoms. The molecule has 0 unspecified atom stereocenters. The second-order valence-corrected chi connectivity index (χ2v) is 5.69. The van der Waals surface area contributed by atoms with Crippen molar-refractivity contribution in [1.82, 2.24) is 5.32 Å². The van der Waals surface area contributed by atoms with Crippen LogP contribution in [0.15, 0.2) is 60.0 Å². The van der Waals surface area contributed by atoms with Crippen LogP contribution in [0.5, 0.6) is 5.75 Å². The fourth-order valence-corrected chi connectivity index (χ4v) is 2.70. The second-order valence-electron chi connectivity index (χ2n) is 4.65. The van der Waals surface area contributed by atoms with E-state index in [1.807, 2.05) is 60.0 Å². The molecule has 0 saturated carbocycles. The number of benzene rings is 2. The fourth-order valence-electron chi connectivity index (χ4n) is 2.06. The van der Waals surface area contributed by atoms with Gasteiger partial charge < -0.3 is 10.1 Å². The van der Waals surface area contributed by atoms with Gasteiger partial charge in [0.25, 0.3) is 5.91 Å². The molecule has 3 aromatic rings. The molecule has 0 aliphatic carbocycles. The topological polar surface area (TPSA) is 38.3 Å². The van der Waals surface area contributed by atoms with Crippen LogP contribution in [-0.2, 0) is 11.3 Å². The monoisotopic (exact) mass is 297 g/mol. The van der Waals surface area contributed by atoms with E-state index in [4.69, 9.17) is 4.74 Å². The predicted octanol–water partition coefficient (Wildman–Crippen LogP) is 3.60. The predicted molar refractivity (Wildman–Crippen MR) is 85.6 cm³/mol. The average Bonchev–Trinajstić information content (AvgIpc) is 3.04. The summed E-state index contributed by atoms with van der Waals surface area (Å²) in [6.07, 6.45) is 0. The smallest absolute Gasteiger partial charge is 0.258 e. The van der Waals surface area contributed by atoms with Crippen LogP contribution in [0.2, 0.25) is 0 Å². The van der Waals surface area contributed by atoms with Crippen molar-refractivity contribution < 1.29 is 9.53 Å². The average molecular weight is 297 g/mol. The molecule has 1 aromatic heterocycles. The molecule has 0 atom stereocenters. The summed E-state index contributed by atoms with van der Waals surface area (Å²) in [5.74, 6) is 0.594. The third-order valence-corrected chi connectivity index (χ3v) is 4.01. The van der Waals surface area contributed by atoms with Crippen molar-refractivity contribution in [1.29, 1.82) is 0 Å². The number of hydrogen-bond acceptors (Lipinski definition) is 3. The first kappa shape index (κ1) is 13.6. The summed E-state index contributed by atoms with van der Waals surface area (Å²) in [4.78, 5) is 12.9. The molecule has 1 amide bonds. The second kappa shape index (κ2) is 6.41. The molecular formula is C17H15NO2S. The Kier molecular flexibility index (Phi) is 4.17. The fraction of sp³-hybridized carbons (Fsp3) is 0.118. The zero-order chi connectivity index (χ0) is 14.5. The minimum Gasteiger partial charge on any atom is -0.484 e.